The molecule has 0 unspecified atom stereocenters. The second-order valence-electron chi connectivity index (χ2n) is 4.35. The van der Waals surface area contributed by atoms with Crippen LogP contribution in [0.3, 0.4) is 0 Å². The van der Waals surface area contributed by atoms with Crippen molar-refractivity contribution >= 4 is 11.6 Å². The van der Waals surface area contributed by atoms with Gasteiger partial charge in [-0.3, -0.25) is 4.79 Å². The number of carbonyl (C=O) groups is 1. The maximum absolute atomic E-state index is 12.4. The van der Waals surface area contributed by atoms with E-state index >= 15 is 0 Å². The number of aromatic nitrogens is 2. The number of nitrogens with two attached hydrogens (primary N) is 1. The lowest BCUT2D eigenvalue weighted by Crippen LogP contribution is -2.05. The fraction of sp³-hybridized carbons (Fsp3) is 0.143. The summed E-state index contributed by atoms with van der Waals surface area (Å²) in [6, 6.07) is 5.04. The van der Waals surface area contributed by atoms with Crippen LogP contribution in [0.1, 0.15) is 21.7 Å². The number of ether oxygens (including phenoxy) is 2. The molecule has 104 valence electrons. The number of nitrogen functional groups attached to an aromatic ring is 1. The minimum absolute atomic E-state index is 0.00770. The van der Waals surface area contributed by atoms with Gasteiger partial charge >= 0.3 is 0 Å². The zero-order valence-corrected chi connectivity index (χ0v) is 11.3. The molecule has 0 saturated heterocycles. The van der Waals surface area contributed by atoms with E-state index in [9.17, 15) is 4.79 Å². The van der Waals surface area contributed by atoms with Gasteiger partial charge in [0.1, 0.15) is 17.5 Å². The molecule has 0 atom stereocenters. The van der Waals surface area contributed by atoms with Crippen molar-refractivity contribution in [2.24, 2.45) is 0 Å². The predicted molar refractivity (Wildman–Crippen MR) is 73.1 cm³/mol. The molecule has 1 heterocycles. The van der Waals surface area contributed by atoms with Gasteiger partial charge in [-0.2, -0.15) is 5.26 Å². The molecule has 7 heteroatoms. The fourth-order valence-corrected chi connectivity index (χ4v) is 2.27. The van der Waals surface area contributed by atoms with Crippen molar-refractivity contribution in [3.63, 3.8) is 0 Å². The predicted octanol–water partition coefficient (Wildman–Crippen LogP) is 1.16. The quantitative estimate of drug-likeness (QED) is 0.750. The molecule has 7 nitrogen and oxygen atoms in total. The molecule has 0 fully saturated rings. The van der Waals surface area contributed by atoms with Crippen molar-refractivity contribution in [2.75, 3.05) is 20.0 Å². The summed E-state index contributed by atoms with van der Waals surface area (Å²) < 4.78 is 10.4. The van der Waals surface area contributed by atoms with Gasteiger partial charge in [0.2, 0.25) is 5.78 Å². The molecule has 0 spiro atoms. The van der Waals surface area contributed by atoms with Gasteiger partial charge in [-0.15, -0.1) is 0 Å². The summed E-state index contributed by atoms with van der Waals surface area (Å²) in [6.45, 7) is 0. The van der Waals surface area contributed by atoms with Crippen LogP contribution in [-0.2, 0) is 0 Å². The Kier molecular flexibility index (Phi) is 2.73. The monoisotopic (exact) mass is 282 g/mol. The summed E-state index contributed by atoms with van der Waals surface area (Å²) in [5, 5.41) is 8.93. The van der Waals surface area contributed by atoms with Gasteiger partial charge in [0.05, 0.1) is 14.2 Å². The van der Waals surface area contributed by atoms with E-state index in [0.717, 1.165) is 0 Å². The third kappa shape index (κ3) is 1.70. The van der Waals surface area contributed by atoms with Crippen LogP contribution in [0.4, 0.5) is 5.82 Å². The summed E-state index contributed by atoms with van der Waals surface area (Å²) in [4.78, 5) is 20.5. The van der Waals surface area contributed by atoms with Crippen LogP contribution in [0.5, 0.6) is 11.5 Å². The van der Waals surface area contributed by atoms with Gasteiger partial charge in [-0.1, -0.05) is 0 Å². The van der Waals surface area contributed by atoms with E-state index in [0.29, 0.717) is 28.3 Å². The van der Waals surface area contributed by atoms with E-state index in [1.807, 2.05) is 6.07 Å². The lowest BCUT2D eigenvalue weighted by molar-refractivity contribution is 0.103. The highest BCUT2D eigenvalue weighted by molar-refractivity contribution is 6.20. The average molecular weight is 282 g/mol. The number of nitrogens with zero attached hydrogens (tertiary/aromatic N) is 3. The number of hydrogen-bond donors (Lipinski definition) is 1. The minimum Gasteiger partial charge on any atom is -0.493 e. The van der Waals surface area contributed by atoms with Crippen molar-refractivity contribution in [1.29, 1.82) is 5.26 Å². The molecule has 0 radical (unpaired) electrons. The topological polar surface area (TPSA) is 111 Å². The van der Waals surface area contributed by atoms with Crippen molar-refractivity contribution < 1.29 is 14.3 Å². The summed E-state index contributed by atoms with van der Waals surface area (Å²) in [5.74, 6) is 0.587. The largest absolute Gasteiger partial charge is 0.493 e. The van der Waals surface area contributed by atoms with Crippen LogP contribution in [-0.4, -0.2) is 30.0 Å². The number of ketones is 1. The first kappa shape index (κ1) is 12.9. The molecule has 1 aliphatic carbocycles. The van der Waals surface area contributed by atoms with Crippen LogP contribution in [0.25, 0.3) is 11.3 Å². The highest BCUT2D eigenvalue weighted by Crippen LogP contribution is 2.41. The summed E-state index contributed by atoms with van der Waals surface area (Å²) in [7, 11) is 2.99. The average Bonchev–Trinajstić information content (AvgIpc) is 2.77. The zero-order chi connectivity index (χ0) is 15.1. The lowest BCUT2D eigenvalue weighted by Gasteiger charge is -2.09. The van der Waals surface area contributed by atoms with Crippen molar-refractivity contribution in [2.45, 2.75) is 0 Å². The highest BCUT2D eigenvalue weighted by Gasteiger charge is 2.32. The molecular weight excluding hydrogens is 272 g/mol. The Balaban J connectivity index is 2.30. The Morgan fingerprint density at radius 3 is 2.29 bits per heavy atom. The molecule has 0 amide bonds. The molecule has 0 saturated carbocycles. The van der Waals surface area contributed by atoms with E-state index in [4.69, 9.17) is 20.5 Å². The Bertz CT molecular complexity index is 824. The van der Waals surface area contributed by atoms with Crippen molar-refractivity contribution in [3.8, 4) is 28.8 Å². The van der Waals surface area contributed by atoms with E-state index < -0.39 is 0 Å². The lowest BCUT2D eigenvalue weighted by atomic mass is 10.1. The number of nitriles is 1. The second kappa shape index (κ2) is 4.45. The second-order valence-corrected chi connectivity index (χ2v) is 4.35. The van der Waals surface area contributed by atoms with Gasteiger partial charge < -0.3 is 15.2 Å². The van der Waals surface area contributed by atoms with Crippen LogP contribution in [0, 0.1) is 11.3 Å². The summed E-state index contributed by atoms with van der Waals surface area (Å²) in [6.07, 6.45) is 0. The van der Waals surface area contributed by atoms with Gasteiger partial charge in [0.15, 0.2) is 23.0 Å². The Labute approximate surface area is 120 Å². The van der Waals surface area contributed by atoms with Gasteiger partial charge in [-0.25, -0.2) is 9.97 Å². The first-order chi connectivity index (χ1) is 10.1. The third-order valence-corrected chi connectivity index (χ3v) is 3.27. The molecule has 1 aromatic heterocycles. The van der Waals surface area contributed by atoms with Crippen molar-refractivity contribution in [3.05, 3.63) is 29.1 Å². The number of rotatable bonds is 2. The van der Waals surface area contributed by atoms with Gasteiger partial charge in [0.25, 0.3) is 0 Å². The number of fused-ring (bicyclic) bond motifs is 3. The Morgan fingerprint density at radius 1 is 1.10 bits per heavy atom. The Morgan fingerprint density at radius 2 is 1.71 bits per heavy atom. The maximum Gasteiger partial charge on any atom is 0.214 e. The molecule has 3 rings (SSSR count). The van der Waals surface area contributed by atoms with E-state index in [-0.39, 0.29) is 23.0 Å². The van der Waals surface area contributed by atoms with Gasteiger partial charge in [0, 0.05) is 11.1 Å². The molecular formula is C14H10N4O3. The summed E-state index contributed by atoms with van der Waals surface area (Å²) >= 11 is 0. The van der Waals surface area contributed by atoms with Crippen LogP contribution >= 0.6 is 0 Å². The first-order valence-corrected chi connectivity index (χ1v) is 5.99. The standard InChI is InChI=1S/C14H10N4O3/c1-20-9-3-6-7(4-10(9)21-2)13(19)12-11(6)18-14(16)8(5-15)17-12/h3-4H,1-2H3,(H2,16,18). The molecule has 0 aliphatic heterocycles. The van der Waals surface area contributed by atoms with E-state index in [2.05, 4.69) is 9.97 Å². The molecule has 21 heavy (non-hydrogen) atoms. The summed E-state index contributed by atoms with van der Waals surface area (Å²) in [5.41, 5.74) is 7.05. The zero-order valence-electron chi connectivity index (χ0n) is 11.3. The number of methoxy groups -OCH3 is 2. The number of anilines is 1. The number of benzene rings is 1. The number of carbonyl (C=O) groups excluding carboxylic acids is 1. The molecule has 1 aromatic carbocycles. The minimum atomic E-state index is -0.315. The third-order valence-electron chi connectivity index (χ3n) is 3.27. The molecule has 2 aromatic rings. The SMILES string of the molecule is COc1cc2c(cc1OC)-c1nc(N)c(C#N)nc1C2=O. The Hall–Kier alpha value is -3.14. The molecule has 1 aliphatic rings. The van der Waals surface area contributed by atoms with Crippen LogP contribution in [0.15, 0.2) is 12.1 Å². The first-order valence-electron chi connectivity index (χ1n) is 5.99. The fourth-order valence-electron chi connectivity index (χ4n) is 2.27. The van der Waals surface area contributed by atoms with Crippen LogP contribution < -0.4 is 15.2 Å². The number of hydrogen-bond acceptors (Lipinski definition) is 7. The normalized spacial score (nSPS) is 11.6. The van der Waals surface area contributed by atoms with Gasteiger partial charge in [-0.05, 0) is 12.1 Å². The van der Waals surface area contributed by atoms with E-state index in [1.165, 1.54) is 14.2 Å². The highest BCUT2D eigenvalue weighted by atomic mass is 16.5. The molecule has 2 N–H and O–H groups in total. The van der Waals surface area contributed by atoms with Crippen LogP contribution in [0.2, 0.25) is 0 Å². The van der Waals surface area contributed by atoms with E-state index in [1.54, 1.807) is 12.1 Å². The smallest absolute Gasteiger partial charge is 0.214 e. The van der Waals surface area contributed by atoms with Crippen molar-refractivity contribution in [1.82, 2.24) is 9.97 Å². The molecule has 0 bridgehead atoms. The maximum atomic E-state index is 12.4.